The molecule has 1 saturated carbocycles. The zero-order valence-corrected chi connectivity index (χ0v) is 12.6. The van der Waals surface area contributed by atoms with Gasteiger partial charge in [0.1, 0.15) is 4.33 Å². The average molecular weight is 316 g/mol. The number of carbonyl (C=O) groups excluding carboxylic acids is 2. The maximum absolute atomic E-state index is 12.1. The van der Waals surface area contributed by atoms with Gasteiger partial charge in [-0.2, -0.15) is 0 Å². The number of halogens is 2. The molecule has 0 bridgehead atoms. The number of amides is 3. The van der Waals surface area contributed by atoms with Gasteiger partial charge in [-0.05, 0) is 37.6 Å². The number of rotatable bonds is 3. The lowest BCUT2D eigenvalue weighted by Crippen LogP contribution is -2.26. The van der Waals surface area contributed by atoms with E-state index in [-0.39, 0.29) is 11.9 Å². The largest absolute Gasteiger partial charge is 0.341 e. The van der Waals surface area contributed by atoms with E-state index in [2.05, 4.69) is 16.0 Å². The molecule has 0 spiro atoms. The second-order valence-corrected chi connectivity index (χ2v) is 6.43. The van der Waals surface area contributed by atoms with Crippen molar-refractivity contribution < 1.29 is 9.59 Å². The summed E-state index contributed by atoms with van der Waals surface area (Å²) >= 11 is 11.9. The zero-order valence-electron chi connectivity index (χ0n) is 11.1. The highest BCUT2D eigenvalue weighted by Gasteiger charge is 2.67. The van der Waals surface area contributed by atoms with Crippen molar-refractivity contribution in [1.82, 2.24) is 5.32 Å². The molecule has 3 amide bonds. The fraction of sp³-hybridized carbons (Fsp3) is 0.385. The molecule has 1 aliphatic rings. The van der Waals surface area contributed by atoms with E-state index in [1.807, 2.05) is 0 Å². The second kappa shape index (κ2) is 5.14. The van der Waals surface area contributed by atoms with Crippen LogP contribution in [0.3, 0.4) is 0 Å². The third-order valence-electron chi connectivity index (χ3n) is 3.39. The summed E-state index contributed by atoms with van der Waals surface area (Å²) in [5.74, 6) is -0.213. The quantitative estimate of drug-likeness (QED) is 0.750. The fourth-order valence-electron chi connectivity index (χ4n) is 1.75. The van der Waals surface area contributed by atoms with Crippen LogP contribution in [0.5, 0.6) is 0 Å². The summed E-state index contributed by atoms with van der Waals surface area (Å²) in [7, 11) is 1.53. The van der Waals surface area contributed by atoms with E-state index < -0.39 is 9.75 Å². The molecule has 1 aromatic rings. The van der Waals surface area contributed by atoms with Crippen LogP contribution in [0, 0.1) is 5.41 Å². The van der Waals surface area contributed by atoms with Gasteiger partial charge in [0, 0.05) is 18.4 Å². The first kappa shape index (κ1) is 14.9. The maximum Gasteiger partial charge on any atom is 0.318 e. The topological polar surface area (TPSA) is 70.2 Å². The number of anilines is 2. The molecule has 3 N–H and O–H groups in total. The first-order chi connectivity index (χ1) is 9.28. The third kappa shape index (κ3) is 2.83. The number of urea groups is 1. The standard InChI is InChI=1S/C13H15Cl2N3O2/c1-12(7-13(12,14)15)10(19)17-8-3-5-9(6-4-8)18-11(20)16-2/h3-6H,7H2,1-2H3,(H,17,19)(H2,16,18,20). The van der Waals surface area contributed by atoms with Crippen molar-refractivity contribution in [2.24, 2.45) is 5.41 Å². The Morgan fingerprint density at radius 1 is 1.10 bits per heavy atom. The van der Waals surface area contributed by atoms with Crippen molar-refractivity contribution in [3.63, 3.8) is 0 Å². The normalized spacial score (nSPS) is 22.8. The first-order valence-corrected chi connectivity index (χ1v) is 6.82. The molecule has 1 aromatic carbocycles. The van der Waals surface area contributed by atoms with Gasteiger partial charge in [0.05, 0.1) is 5.41 Å². The summed E-state index contributed by atoms with van der Waals surface area (Å²) in [5.41, 5.74) is 0.494. The maximum atomic E-state index is 12.1. The molecule has 0 aromatic heterocycles. The van der Waals surface area contributed by atoms with Crippen LogP contribution in [0.2, 0.25) is 0 Å². The molecule has 0 radical (unpaired) electrons. The molecule has 1 aliphatic carbocycles. The van der Waals surface area contributed by atoms with Crippen LogP contribution in [0.15, 0.2) is 24.3 Å². The van der Waals surface area contributed by atoms with Crippen molar-refractivity contribution in [3.8, 4) is 0 Å². The highest BCUT2D eigenvalue weighted by molar-refractivity contribution is 6.53. The van der Waals surface area contributed by atoms with E-state index in [1.54, 1.807) is 31.2 Å². The molecule has 2 rings (SSSR count). The van der Waals surface area contributed by atoms with Crippen LogP contribution in [0.1, 0.15) is 13.3 Å². The minimum absolute atomic E-state index is 0.213. The van der Waals surface area contributed by atoms with E-state index in [0.29, 0.717) is 17.8 Å². The molecule has 0 saturated heterocycles. The molecule has 0 heterocycles. The van der Waals surface area contributed by atoms with Crippen molar-refractivity contribution in [3.05, 3.63) is 24.3 Å². The average Bonchev–Trinajstić information content (AvgIpc) is 2.92. The summed E-state index contributed by atoms with van der Waals surface area (Å²) in [6, 6.07) is 6.46. The van der Waals surface area contributed by atoms with E-state index in [0.717, 1.165) is 0 Å². The smallest absolute Gasteiger partial charge is 0.318 e. The number of alkyl halides is 2. The SMILES string of the molecule is CNC(=O)Nc1ccc(NC(=O)C2(C)CC2(Cl)Cl)cc1. The van der Waals surface area contributed by atoms with Gasteiger partial charge in [0.2, 0.25) is 5.91 Å². The lowest BCUT2D eigenvalue weighted by molar-refractivity contribution is -0.120. The van der Waals surface area contributed by atoms with E-state index in [9.17, 15) is 9.59 Å². The van der Waals surface area contributed by atoms with Gasteiger partial charge < -0.3 is 16.0 Å². The Balaban J connectivity index is 1.98. The number of carbonyl (C=O) groups is 2. The van der Waals surface area contributed by atoms with Gasteiger partial charge in [-0.3, -0.25) is 4.79 Å². The van der Waals surface area contributed by atoms with Crippen LogP contribution in [-0.2, 0) is 4.79 Å². The lowest BCUT2D eigenvalue weighted by atomic mass is 10.1. The van der Waals surface area contributed by atoms with Crippen LogP contribution in [0.25, 0.3) is 0 Å². The highest BCUT2D eigenvalue weighted by Crippen LogP contribution is 2.64. The molecular weight excluding hydrogens is 301 g/mol. The molecule has 1 atom stereocenters. The van der Waals surface area contributed by atoms with Gasteiger partial charge in [0.25, 0.3) is 0 Å². The molecule has 1 fully saturated rings. The van der Waals surface area contributed by atoms with Crippen LogP contribution >= 0.6 is 23.2 Å². The second-order valence-electron chi connectivity index (χ2n) is 4.95. The Hall–Kier alpha value is -1.46. The van der Waals surface area contributed by atoms with E-state index in [1.165, 1.54) is 7.05 Å². The molecule has 5 nitrogen and oxygen atoms in total. The van der Waals surface area contributed by atoms with Crippen molar-refractivity contribution in [1.29, 1.82) is 0 Å². The Kier molecular flexibility index (Phi) is 3.84. The summed E-state index contributed by atoms with van der Waals surface area (Å²) < 4.78 is -0.988. The Bertz CT molecular complexity index is 545. The molecular formula is C13H15Cl2N3O2. The minimum Gasteiger partial charge on any atom is -0.341 e. The summed E-state index contributed by atoms with van der Waals surface area (Å²) in [5, 5.41) is 7.83. The fourth-order valence-corrected chi connectivity index (χ4v) is 2.45. The van der Waals surface area contributed by atoms with Crippen molar-refractivity contribution in [2.45, 2.75) is 17.7 Å². The number of hydrogen-bond acceptors (Lipinski definition) is 2. The highest BCUT2D eigenvalue weighted by atomic mass is 35.5. The molecule has 7 heteroatoms. The molecule has 0 aliphatic heterocycles. The van der Waals surface area contributed by atoms with Gasteiger partial charge >= 0.3 is 6.03 Å². The summed E-state index contributed by atoms with van der Waals surface area (Å²) in [4.78, 5) is 23.2. The monoisotopic (exact) mass is 315 g/mol. The number of hydrogen-bond donors (Lipinski definition) is 3. The van der Waals surface area contributed by atoms with Gasteiger partial charge in [-0.25, -0.2) is 4.79 Å². The van der Waals surface area contributed by atoms with Crippen LogP contribution < -0.4 is 16.0 Å². The Morgan fingerprint density at radius 2 is 1.55 bits per heavy atom. The van der Waals surface area contributed by atoms with Crippen LogP contribution in [-0.4, -0.2) is 23.3 Å². The Labute approximate surface area is 127 Å². The minimum atomic E-state index is -0.988. The summed E-state index contributed by atoms with van der Waals surface area (Å²) in [6.07, 6.45) is 0.436. The number of nitrogens with one attached hydrogen (secondary N) is 3. The van der Waals surface area contributed by atoms with E-state index in [4.69, 9.17) is 23.2 Å². The van der Waals surface area contributed by atoms with Crippen molar-refractivity contribution >= 4 is 46.5 Å². The first-order valence-electron chi connectivity index (χ1n) is 6.06. The van der Waals surface area contributed by atoms with Gasteiger partial charge in [0.15, 0.2) is 0 Å². The Morgan fingerprint density at radius 3 is 1.95 bits per heavy atom. The zero-order chi connectivity index (χ0) is 15.0. The van der Waals surface area contributed by atoms with Crippen molar-refractivity contribution in [2.75, 3.05) is 17.7 Å². The van der Waals surface area contributed by atoms with E-state index >= 15 is 0 Å². The van der Waals surface area contributed by atoms with Gasteiger partial charge in [-0.1, -0.05) is 0 Å². The van der Waals surface area contributed by atoms with Gasteiger partial charge in [-0.15, -0.1) is 23.2 Å². The van der Waals surface area contributed by atoms with Crippen LogP contribution in [0.4, 0.5) is 16.2 Å². The predicted octanol–water partition coefficient (Wildman–Crippen LogP) is 2.96. The number of benzene rings is 1. The third-order valence-corrected chi connectivity index (χ3v) is 4.49. The lowest BCUT2D eigenvalue weighted by Gasteiger charge is -2.13. The molecule has 1 unspecified atom stereocenters. The molecule has 108 valence electrons. The summed E-state index contributed by atoms with van der Waals surface area (Å²) in [6.45, 7) is 1.73. The molecule has 20 heavy (non-hydrogen) atoms. The predicted molar refractivity (Wildman–Crippen MR) is 80.3 cm³/mol.